The summed E-state index contributed by atoms with van der Waals surface area (Å²) in [4.78, 5) is 12.6. The molecule has 3 N–H and O–H groups in total. The first kappa shape index (κ1) is 18.5. The zero-order valence-corrected chi connectivity index (χ0v) is 15.9. The molecule has 5 nitrogen and oxygen atoms in total. The maximum atomic E-state index is 12.6. The molecule has 0 amide bonds. The van der Waals surface area contributed by atoms with E-state index in [1.165, 1.54) is 0 Å². The zero-order chi connectivity index (χ0) is 18.2. The number of nitrogens with one attached hydrogen (secondary N) is 2. The van der Waals surface area contributed by atoms with Crippen LogP contribution < -0.4 is 10.6 Å². The van der Waals surface area contributed by atoms with Crippen LogP contribution in [0.5, 0.6) is 0 Å². The van der Waals surface area contributed by atoms with Crippen LogP contribution in [0.15, 0.2) is 29.5 Å². The quantitative estimate of drug-likeness (QED) is 0.521. The van der Waals surface area contributed by atoms with Crippen LogP contribution >= 0.6 is 35.4 Å². The van der Waals surface area contributed by atoms with E-state index in [4.69, 9.17) is 40.2 Å². The molecule has 0 radical (unpaired) electrons. The van der Waals surface area contributed by atoms with Gasteiger partial charge in [0, 0.05) is 21.2 Å². The molecule has 25 heavy (non-hydrogen) atoms. The Balaban J connectivity index is 1.74. The van der Waals surface area contributed by atoms with Crippen molar-refractivity contribution < 1.29 is 14.6 Å². The lowest BCUT2D eigenvalue weighted by atomic mass is 9.97. The van der Waals surface area contributed by atoms with Gasteiger partial charge in [-0.1, -0.05) is 29.3 Å². The summed E-state index contributed by atoms with van der Waals surface area (Å²) in [5.41, 5.74) is 1.62. The van der Waals surface area contributed by atoms with Crippen molar-refractivity contribution in [3.8, 4) is 0 Å². The molecular weight excluding hydrogens is 383 g/mol. The number of esters is 1. The number of allylic oxidation sites excluding steroid dienone is 1. The third kappa shape index (κ3) is 3.77. The standard InChI is InChI=1S/C17H18Cl2N2O3S/c1-9-14(13(7-22)21-16(25)20-9)15(23)24-8-17(4-5-17)11-3-2-10(18)6-12(11)19/h2-3,6,13,22H,4-5,7-8H2,1H3,(H2,20,21,25). The SMILES string of the molecule is CC1=C(C(=O)OCC2(c3ccc(Cl)cc3Cl)CC2)C(CO)NC(=S)N1. The molecule has 0 bridgehead atoms. The Kier molecular flexibility index (Phi) is 5.25. The second-order valence-electron chi connectivity index (χ2n) is 6.35. The second-order valence-corrected chi connectivity index (χ2v) is 7.60. The van der Waals surface area contributed by atoms with Crippen LogP contribution in [0.4, 0.5) is 0 Å². The Hall–Kier alpha value is -1.34. The highest BCUT2D eigenvalue weighted by Crippen LogP contribution is 2.51. The monoisotopic (exact) mass is 400 g/mol. The van der Waals surface area contributed by atoms with Crippen LogP contribution in [0.25, 0.3) is 0 Å². The van der Waals surface area contributed by atoms with Crippen LogP contribution in [0, 0.1) is 0 Å². The van der Waals surface area contributed by atoms with Crippen molar-refractivity contribution in [2.24, 2.45) is 0 Å². The van der Waals surface area contributed by atoms with Crippen LogP contribution in [-0.2, 0) is 14.9 Å². The number of hydrogen-bond donors (Lipinski definition) is 3. The molecule has 0 spiro atoms. The molecule has 1 unspecified atom stereocenters. The number of ether oxygens (including phenoxy) is 1. The molecular formula is C17H18Cl2N2O3S. The molecule has 0 aromatic heterocycles. The van der Waals surface area contributed by atoms with Crippen LogP contribution in [0.1, 0.15) is 25.3 Å². The summed E-state index contributed by atoms with van der Waals surface area (Å²) < 4.78 is 5.56. The molecule has 8 heteroatoms. The lowest BCUT2D eigenvalue weighted by Gasteiger charge is -2.28. The van der Waals surface area contributed by atoms with E-state index < -0.39 is 12.0 Å². The van der Waals surface area contributed by atoms with Crippen molar-refractivity contribution in [1.82, 2.24) is 10.6 Å². The normalized spacial score (nSPS) is 21.4. The Morgan fingerprint density at radius 2 is 2.16 bits per heavy atom. The number of aliphatic hydroxyl groups excluding tert-OH is 1. The average Bonchev–Trinajstić information content (AvgIpc) is 3.32. The van der Waals surface area contributed by atoms with Gasteiger partial charge in [0.2, 0.25) is 0 Å². The molecule has 2 aliphatic rings. The number of carbonyl (C=O) groups is 1. The van der Waals surface area contributed by atoms with Crippen molar-refractivity contribution in [3.63, 3.8) is 0 Å². The molecule has 1 aromatic rings. The van der Waals surface area contributed by atoms with Crippen molar-refractivity contribution in [2.45, 2.75) is 31.2 Å². The fourth-order valence-corrected chi connectivity index (χ4v) is 3.95. The van der Waals surface area contributed by atoms with Crippen LogP contribution in [0.3, 0.4) is 0 Å². The number of aliphatic hydroxyl groups is 1. The summed E-state index contributed by atoms with van der Waals surface area (Å²) in [5, 5.41) is 16.8. The van der Waals surface area contributed by atoms with E-state index >= 15 is 0 Å². The maximum absolute atomic E-state index is 12.6. The summed E-state index contributed by atoms with van der Waals surface area (Å²) in [6.45, 7) is 1.71. The number of rotatable bonds is 5. The van der Waals surface area contributed by atoms with E-state index in [0.29, 0.717) is 26.4 Å². The van der Waals surface area contributed by atoms with E-state index in [1.54, 1.807) is 19.1 Å². The first-order valence-corrected chi connectivity index (χ1v) is 9.04. The molecule has 3 rings (SSSR count). The summed E-state index contributed by atoms with van der Waals surface area (Å²) in [6.07, 6.45) is 1.79. The number of thiocarbonyl (C=S) groups is 1. The predicted octanol–water partition coefficient (Wildman–Crippen LogP) is 2.68. The lowest BCUT2D eigenvalue weighted by molar-refractivity contribution is -0.140. The molecule has 1 saturated carbocycles. The predicted molar refractivity (Wildman–Crippen MR) is 101 cm³/mol. The first-order valence-electron chi connectivity index (χ1n) is 7.88. The summed E-state index contributed by atoms with van der Waals surface area (Å²) >= 11 is 17.3. The minimum atomic E-state index is -0.574. The van der Waals surface area contributed by atoms with Crippen molar-refractivity contribution in [1.29, 1.82) is 0 Å². The highest BCUT2D eigenvalue weighted by atomic mass is 35.5. The summed E-state index contributed by atoms with van der Waals surface area (Å²) in [5.74, 6) is -0.476. The van der Waals surface area contributed by atoms with Gasteiger partial charge in [-0.15, -0.1) is 0 Å². The minimum Gasteiger partial charge on any atom is -0.461 e. The van der Waals surface area contributed by atoms with Gasteiger partial charge in [0.25, 0.3) is 0 Å². The Morgan fingerprint density at radius 3 is 2.76 bits per heavy atom. The van der Waals surface area contributed by atoms with E-state index in [2.05, 4.69) is 10.6 Å². The fraction of sp³-hybridized carbons (Fsp3) is 0.412. The highest BCUT2D eigenvalue weighted by molar-refractivity contribution is 7.80. The third-order valence-corrected chi connectivity index (χ3v) is 5.36. The zero-order valence-electron chi connectivity index (χ0n) is 13.6. The van der Waals surface area contributed by atoms with Gasteiger partial charge >= 0.3 is 5.97 Å². The molecule has 1 aliphatic heterocycles. The molecule has 134 valence electrons. The van der Waals surface area contributed by atoms with Crippen molar-refractivity contribution in [2.75, 3.05) is 13.2 Å². The molecule has 1 aliphatic carbocycles. The first-order chi connectivity index (χ1) is 11.9. The van der Waals surface area contributed by atoms with Gasteiger partial charge in [-0.25, -0.2) is 4.79 Å². The van der Waals surface area contributed by atoms with Gasteiger partial charge in [0.15, 0.2) is 5.11 Å². The van der Waals surface area contributed by atoms with Crippen LogP contribution in [-0.4, -0.2) is 35.4 Å². The minimum absolute atomic E-state index is 0.229. The molecule has 1 aromatic carbocycles. The smallest absolute Gasteiger partial charge is 0.338 e. The topological polar surface area (TPSA) is 70.6 Å². The van der Waals surface area contributed by atoms with Crippen molar-refractivity contribution in [3.05, 3.63) is 45.1 Å². The average molecular weight is 401 g/mol. The van der Waals surface area contributed by atoms with Gasteiger partial charge < -0.3 is 20.5 Å². The molecule has 1 fully saturated rings. The van der Waals surface area contributed by atoms with Crippen LogP contribution in [0.2, 0.25) is 10.0 Å². The summed E-state index contributed by atoms with van der Waals surface area (Å²) in [6, 6.07) is 4.80. The maximum Gasteiger partial charge on any atom is 0.338 e. The van der Waals surface area contributed by atoms with E-state index in [9.17, 15) is 9.90 Å². The molecule has 1 heterocycles. The number of carbonyl (C=O) groups excluding carboxylic acids is 1. The third-order valence-electron chi connectivity index (χ3n) is 4.60. The largest absolute Gasteiger partial charge is 0.461 e. The molecule has 0 saturated heterocycles. The van der Waals surface area contributed by atoms with Gasteiger partial charge in [-0.3, -0.25) is 0 Å². The van der Waals surface area contributed by atoms with E-state index in [-0.39, 0.29) is 18.6 Å². The Bertz CT molecular complexity index is 762. The van der Waals surface area contributed by atoms with Gasteiger partial charge in [-0.2, -0.15) is 0 Å². The Morgan fingerprint density at radius 1 is 1.44 bits per heavy atom. The highest BCUT2D eigenvalue weighted by Gasteiger charge is 2.47. The number of benzene rings is 1. The Labute approximate surface area is 161 Å². The molecule has 1 atom stereocenters. The van der Waals surface area contributed by atoms with Gasteiger partial charge in [-0.05, 0) is 49.7 Å². The van der Waals surface area contributed by atoms with E-state index in [1.807, 2.05) is 6.07 Å². The van der Waals surface area contributed by atoms with Gasteiger partial charge in [0.1, 0.15) is 6.61 Å². The van der Waals surface area contributed by atoms with Crippen molar-refractivity contribution >= 4 is 46.5 Å². The number of halogens is 2. The fourth-order valence-electron chi connectivity index (χ4n) is 3.04. The number of hydrogen-bond acceptors (Lipinski definition) is 4. The van der Waals surface area contributed by atoms with Gasteiger partial charge in [0.05, 0.1) is 18.2 Å². The lowest BCUT2D eigenvalue weighted by Crippen LogP contribution is -2.51. The second kappa shape index (κ2) is 7.11. The summed E-state index contributed by atoms with van der Waals surface area (Å²) in [7, 11) is 0. The van der Waals surface area contributed by atoms with E-state index in [0.717, 1.165) is 18.4 Å².